The maximum absolute atomic E-state index is 12.9. The van der Waals surface area contributed by atoms with Gasteiger partial charge in [0.25, 0.3) is 5.91 Å². The van der Waals surface area contributed by atoms with Crippen molar-refractivity contribution in [2.75, 3.05) is 46.5 Å². The first-order chi connectivity index (χ1) is 39.7. The zero-order valence-corrected chi connectivity index (χ0v) is 44.8. The highest BCUT2D eigenvalue weighted by Gasteiger charge is 2.21. The van der Waals surface area contributed by atoms with Crippen molar-refractivity contribution in [1.29, 1.82) is 0 Å². The summed E-state index contributed by atoms with van der Waals surface area (Å²) in [5.74, 6) is 5.47. The Morgan fingerprint density at radius 2 is 0.938 bits per heavy atom. The molecule has 412 valence electrons. The van der Waals surface area contributed by atoms with Crippen LogP contribution in [0.2, 0.25) is 0 Å². The number of ketones is 2. The average Bonchev–Trinajstić information content (AvgIpc) is 4.32. The minimum Gasteiger partial charge on any atom is -0.497 e. The molecule has 0 unspecified atom stereocenters. The molecule has 3 aliphatic rings. The molecule has 3 aromatic carbocycles. The number of rotatable bonds is 3. The van der Waals surface area contributed by atoms with Gasteiger partial charge in [0.1, 0.15) is 83.0 Å². The summed E-state index contributed by atoms with van der Waals surface area (Å²) in [5, 5.41) is 27.3. The fraction of sp³-hybridized carbons (Fsp3) is 0.254. The molecule has 0 fully saturated rings. The number of Topliss-reactive ketones (excluding diaryl/α,β-unsaturated/α-hetero) is 2. The Morgan fingerprint density at radius 1 is 0.481 bits per heavy atom. The van der Waals surface area contributed by atoms with Gasteiger partial charge in [-0.2, -0.15) is 0 Å². The van der Waals surface area contributed by atoms with E-state index in [0.717, 1.165) is 44.5 Å². The van der Waals surface area contributed by atoms with Gasteiger partial charge in [0.2, 0.25) is 0 Å². The number of hydrogen-bond acceptors (Lipinski definition) is 18. The van der Waals surface area contributed by atoms with Gasteiger partial charge in [0.05, 0.1) is 64.1 Å². The predicted molar refractivity (Wildman–Crippen MR) is 297 cm³/mol. The molecule has 12 rings (SSSR count). The van der Waals surface area contributed by atoms with Gasteiger partial charge in [-0.05, 0) is 123 Å². The largest absolute Gasteiger partial charge is 0.497 e. The van der Waals surface area contributed by atoms with Gasteiger partial charge in [-0.15, -0.1) is 30.6 Å². The Kier molecular flexibility index (Phi) is 17.4. The minimum absolute atomic E-state index is 0.0629. The molecule has 22 nitrogen and oxygen atoms in total. The molecule has 6 bridgehead atoms. The third kappa shape index (κ3) is 13.4. The highest BCUT2D eigenvalue weighted by atomic mass is 16.5. The number of hydrogen-bond donors (Lipinski definition) is 1. The van der Waals surface area contributed by atoms with Gasteiger partial charge >= 0.3 is 0 Å². The lowest BCUT2D eigenvalue weighted by Crippen LogP contribution is -2.16. The van der Waals surface area contributed by atoms with E-state index in [1.165, 1.54) is 0 Å². The van der Waals surface area contributed by atoms with Gasteiger partial charge in [-0.1, -0.05) is 24.3 Å². The average molecular weight is 1090 g/mol. The van der Waals surface area contributed by atoms with Crippen molar-refractivity contribution in [2.45, 2.75) is 58.2 Å². The number of carbonyl (C=O) groups is 3. The van der Waals surface area contributed by atoms with E-state index in [0.29, 0.717) is 124 Å². The summed E-state index contributed by atoms with van der Waals surface area (Å²) >= 11 is 0. The number of benzene rings is 3. The summed E-state index contributed by atoms with van der Waals surface area (Å²) in [7, 11) is 4.71. The lowest BCUT2D eigenvalue weighted by Gasteiger charge is -2.14. The highest BCUT2D eigenvalue weighted by molar-refractivity contribution is 6.06. The number of ether oxygens (including phenoxy) is 6. The van der Waals surface area contributed by atoms with Crippen LogP contribution in [-0.4, -0.2) is 118 Å². The monoisotopic (exact) mass is 1090 g/mol. The predicted octanol–water partition coefficient (Wildman–Crippen LogP) is 8.44. The molecular formula is C59H57N13O9. The second-order valence-electron chi connectivity index (χ2n) is 18.6. The Bertz CT molecular complexity index is 3550. The third-order valence-corrected chi connectivity index (χ3v) is 13.1. The van der Waals surface area contributed by atoms with Gasteiger partial charge in [0, 0.05) is 31.0 Å². The van der Waals surface area contributed by atoms with Crippen molar-refractivity contribution in [3.8, 4) is 69.1 Å². The SMILES string of the molecule is COc1ccc2c(c1)C(=O)Cc1cccc(n1)-c1nncn1C/C=C\CO2.COc1ccc2c(c1)C(=O)Cc1cccc(n1)-c1nncn1CCCCO2.COc1ccc2c(c1)C(=O)Nc1cccc(n1)-c1nncn1CCCCO2. The minimum atomic E-state index is -0.313. The number of carbonyl (C=O) groups excluding carboxylic acids is 3. The number of aromatic nitrogens is 12. The van der Waals surface area contributed by atoms with Gasteiger partial charge in [-0.25, -0.2) is 15.0 Å². The van der Waals surface area contributed by atoms with E-state index in [-0.39, 0.29) is 30.3 Å². The fourth-order valence-electron chi connectivity index (χ4n) is 8.98. The lowest BCUT2D eigenvalue weighted by atomic mass is 10.0. The molecule has 1 amide bonds. The van der Waals surface area contributed by atoms with Gasteiger partial charge < -0.3 is 47.4 Å². The van der Waals surface area contributed by atoms with Crippen molar-refractivity contribution in [2.24, 2.45) is 0 Å². The Balaban J connectivity index is 0.000000136. The van der Waals surface area contributed by atoms with Crippen LogP contribution in [0.5, 0.6) is 34.5 Å². The molecule has 0 saturated heterocycles. The number of aryl methyl sites for hydroxylation is 2. The molecular weight excluding hydrogens is 1030 g/mol. The quantitative estimate of drug-likeness (QED) is 0.163. The molecule has 0 atom stereocenters. The molecule has 3 aliphatic heterocycles. The molecule has 0 spiro atoms. The van der Waals surface area contributed by atoms with Gasteiger partial charge in [-0.3, -0.25) is 14.4 Å². The smallest absolute Gasteiger partial charge is 0.260 e. The van der Waals surface area contributed by atoms with Crippen molar-refractivity contribution in [3.63, 3.8) is 0 Å². The first-order valence-electron chi connectivity index (χ1n) is 26.2. The van der Waals surface area contributed by atoms with Crippen molar-refractivity contribution < 1.29 is 42.8 Å². The van der Waals surface area contributed by atoms with Crippen molar-refractivity contribution >= 4 is 23.3 Å². The van der Waals surface area contributed by atoms with E-state index in [9.17, 15) is 14.4 Å². The van der Waals surface area contributed by atoms with E-state index < -0.39 is 0 Å². The Hall–Kier alpha value is -10.1. The van der Waals surface area contributed by atoms with E-state index in [4.69, 9.17) is 28.4 Å². The van der Waals surface area contributed by atoms with Crippen molar-refractivity contribution in [1.82, 2.24) is 59.2 Å². The van der Waals surface area contributed by atoms with Gasteiger partial charge in [0.15, 0.2) is 29.0 Å². The molecule has 22 heteroatoms. The van der Waals surface area contributed by atoms with E-state index in [1.807, 2.05) is 74.4 Å². The molecule has 0 radical (unpaired) electrons. The maximum Gasteiger partial charge on any atom is 0.260 e. The fourth-order valence-corrected chi connectivity index (χ4v) is 8.98. The number of allylic oxidation sites excluding steroid dienone is 1. The zero-order valence-electron chi connectivity index (χ0n) is 44.8. The molecule has 9 heterocycles. The van der Waals surface area contributed by atoms with Crippen LogP contribution >= 0.6 is 0 Å². The summed E-state index contributed by atoms with van der Waals surface area (Å²) < 4.78 is 39.2. The van der Waals surface area contributed by atoms with E-state index in [2.05, 4.69) is 50.9 Å². The highest BCUT2D eigenvalue weighted by Crippen LogP contribution is 2.30. The summed E-state index contributed by atoms with van der Waals surface area (Å²) in [6, 6.07) is 32.3. The number of fused-ring (bicyclic) bond motifs is 15. The summed E-state index contributed by atoms with van der Waals surface area (Å²) in [6.45, 7) is 3.55. The maximum atomic E-state index is 12.9. The normalized spacial score (nSPS) is 14.6. The topological polar surface area (TPSA) is 249 Å². The molecule has 9 aromatic rings. The third-order valence-electron chi connectivity index (χ3n) is 13.1. The van der Waals surface area contributed by atoms with Crippen LogP contribution in [0, 0.1) is 0 Å². The molecule has 6 aromatic heterocycles. The first kappa shape index (κ1) is 54.2. The molecule has 1 N–H and O–H groups in total. The van der Waals surface area contributed by atoms with Crippen LogP contribution in [0.25, 0.3) is 34.6 Å². The van der Waals surface area contributed by atoms with Crippen LogP contribution in [0.4, 0.5) is 5.82 Å². The van der Waals surface area contributed by atoms with Crippen LogP contribution < -0.4 is 33.7 Å². The zero-order chi connectivity index (χ0) is 55.9. The number of nitrogens with one attached hydrogen (secondary N) is 1. The van der Waals surface area contributed by atoms with Crippen LogP contribution in [-0.2, 0) is 32.5 Å². The van der Waals surface area contributed by atoms with Crippen molar-refractivity contribution in [3.05, 3.63) is 168 Å². The number of amides is 1. The van der Waals surface area contributed by atoms with Crippen LogP contribution in [0.3, 0.4) is 0 Å². The molecule has 81 heavy (non-hydrogen) atoms. The number of pyridine rings is 3. The number of nitrogens with zero attached hydrogens (tertiary/aromatic N) is 12. The van der Waals surface area contributed by atoms with Crippen LogP contribution in [0.15, 0.2) is 140 Å². The van der Waals surface area contributed by atoms with E-state index >= 15 is 0 Å². The standard InChI is InChI=1S/C20H20N4O3.C20H18N4O3.C19H19N5O3/c2*1-26-15-7-8-19-16(12-15)18(25)11-14-5-4-6-17(22-14)20-23-21-13-24(20)9-2-3-10-27-19;1-26-13-7-8-16-14(11-13)19(25)22-17-6-4-5-15(21-17)18-23-20-12-24(18)9-2-3-10-27-16/h4-8,12-13H,2-3,9-11H2,1H3;2-8,12-13H,9-11H2,1H3;4-8,11-12H,2-3,9-10H2,1H3,(H,21,22,25)/b;3-2-;. The Morgan fingerprint density at radius 3 is 1.47 bits per heavy atom. The second kappa shape index (κ2) is 26.0. The molecule has 0 saturated carbocycles. The lowest BCUT2D eigenvalue weighted by molar-refractivity contribution is 0.0979. The summed E-state index contributed by atoms with van der Waals surface area (Å²) in [6.07, 6.45) is 12.7. The summed E-state index contributed by atoms with van der Waals surface area (Å²) in [5.41, 5.74) is 4.80. The molecule has 0 aliphatic carbocycles. The number of methoxy groups -OCH3 is 3. The van der Waals surface area contributed by atoms with Crippen LogP contribution in [0.1, 0.15) is 68.1 Å². The first-order valence-corrected chi connectivity index (χ1v) is 26.2. The van der Waals surface area contributed by atoms with E-state index in [1.54, 1.807) is 101 Å². The second-order valence-corrected chi connectivity index (χ2v) is 18.6. The summed E-state index contributed by atoms with van der Waals surface area (Å²) in [4.78, 5) is 52.4. The Labute approximate surface area is 465 Å². The number of anilines is 1.